The first-order chi connectivity index (χ1) is 12.7. The predicted octanol–water partition coefficient (Wildman–Crippen LogP) is 3.06. The Balaban J connectivity index is 2.19. The average molecular weight is 434 g/mol. The summed E-state index contributed by atoms with van der Waals surface area (Å²) in [6.07, 6.45) is 1.36. The largest absolute Gasteiger partial charge is 0.480 e. The highest BCUT2D eigenvalue weighted by atomic mass is 35.5. The fourth-order valence-corrected chi connectivity index (χ4v) is 3.51. The monoisotopic (exact) mass is 433 g/mol. The molecule has 8 nitrogen and oxygen atoms in total. The van der Waals surface area contributed by atoms with E-state index in [0.717, 1.165) is 0 Å². The number of halogens is 2. The van der Waals surface area contributed by atoms with E-state index in [9.17, 15) is 19.2 Å². The maximum Gasteiger partial charge on any atom is 0.344 e. The molecule has 1 aromatic carbocycles. The van der Waals surface area contributed by atoms with E-state index in [1.807, 2.05) is 0 Å². The number of hydrogen-bond donors (Lipinski definition) is 1. The number of ether oxygens (including phenoxy) is 2. The first kappa shape index (κ1) is 21.1. The molecule has 27 heavy (non-hydrogen) atoms. The lowest BCUT2D eigenvalue weighted by molar-refractivity contribution is -0.145. The quantitative estimate of drug-likeness (QED) is 0.515. The van der Waals surface area contributed by atoms with Crippen molar-refractivity contribution < 1.29 is 33.8 Å². The van der Waals surface area contributed by atoms with Gasteiger partial charge in [0.05, 0.1) is 21.6 Å². The van der Waals surface area contributed by atoms with Crippen LogP contribution in [0, 0.1) is 0 Å². The van der Waals surface area contributed by atoms with E-state index < -0.39 is 29.6 Å². The lowest BCUT2D eigenvalue weighted by Crippen LogP contribution is -2.33. The van der Waals surface area contributed by atoms with Crippen LogP contribution >= 0.6 is 35.0 Å². The van der Waals surface area contributed by atoms with Crippen LogP contribution in [0.5, 0.6) is 5.75 Å². The Hall–Kier alpha value is -2.23. The Labute approximate surface area is 168 Å². The molecule has 144 valence electrons. The van der Waals surface area contributed by atoms with Gasteiger partial charge in [-0.15, -0.1) is 0 Å². The van der Waals surface area contributed by atoms with Gasteiger partial charge in [0.25, 0.3) is 11.1 Å². The second-order valence-electron chi connectivity index (χ2n) is 5.07. The number of imide groups is 1. The fourth-order valence-electron chi connectivity index (χ4n) is 2.06. The van der Waals surface area contributed by atoms with Crippen LogP contribution in [0.3, 0.4) is 0 Å². The number of aliphatic carboxylic acids is 1. The minimum atomic E-state index is -1.30. The molecule has 1 aliphatic rings. The van der Waals surface area contributed by atoms with Gasteiger partial charge in [-0.05, 0) is 42.5 Å². The molecule has 0 unspecified atom stereocenters. The van der Waals surface area contributed by atoms with E-state index in [-0.39, 0.29) is 33.9 Å². The summed E-state index contributed by atoms with van der Waals surface area (Å²) in [5, 5.41) is 8.25. The first-order valence-electron chi connectivity index (χ1n) is 7.47. The van der Waals surface area contributed by atoms with Gasteiger partial charge in [-0.2, -0.15) is 0 Å². The molecule has 0 bridgehead atoms. The molecule has 0 saturated carbocycles. The Bertz CT molecular complexity index is 817. The third-order valence-electron chi connectivity index (χ3n) is 3.13. The third-order valence-corrected chi connectivity index (χ3v) is 4.59. The second-order valence-corrected chi connectivity index (χ2v) is 6.88. The summed E-state index contributed by atoms with van der Waals surface area (Å²) in [6.45, 7) is 0.773. The average Bonchev–Trinajstić information content (AvgIpc) is 2.81. The molecule has 11 heteroatoms. The van der Waals surface area contributed by atoms with Crippen molar-refractivity contribution in [3.8, 4) is 5.75 Å². The van der Waals surface area contributed by atoms with E-state index in [0.29, 0.717) is 22.2 Å². The zero-order valence-corrected chi connectivity index (χ0v) is 16.2. The number of carboxylic acids is 1. The highest BCUT2D eigenvalue weighted by molar-refractivity contribution is 8.18. The van der Waals surface area contributed by atoms with Gasteiger partial charge in [-0.25, -0.2) is 4.79 Å². The van der Waals surface area contributed by atoms with Gasteiger partial charge in [-0.3, -0.25) is 19.3 Å². The van der Waals surface area contributed by atoms with Crippen molar-refractivity contribution >= 4 is 64.1 Å². The summed E-state index contributed by atoms with van der Waals surface area (Å²) in [5.74, 6) is -2.53. The van der Waals surface area contributed by atoms with Crippen molar-refractivity contribution in [2.24, 2.45) is 0 Å². The van der Waals surface area contributed by atoms with Crippen molar-refractivity contribution in [2.75, 3.05) is 19.8 Å². The number of hydrogen-bond acceptors (Lipinski definition) is 7. The van der Waals surface area contributed by atoms with E-state index in [4.69, 9.17) is 37.8 Å². The second kappa shape index (κ2) is 9.12. The number of carboxylic acid groups (broad SMARTS) is 1. The van der Waals surface area contributed by atoms with Crippen molar-refractivity contribution in [3.05, 3.63) is 32.6 Å². The van der Waals surface area contributed by atoms with Gasteiger partial charge in [0.1, 0.15) is 6.54 Å². The van der Waals surface area contributed by atoms with Gasteiger partial charge in [0.2, 0.25) is 0 Å². The van der Waals surface area contributed by atoms with Crippen LogP contribution in [0.25, 0.3) is 6.08 Å². The summed E-state index contributed by atoms with van der Waals surface area (Å²) in [7, 11) is 0. The molecular weight excluding hydrogens is 421 g/mol. The van der Waals surface area contributed by atoms with Crippen molar-refractivity contribution in [3.63, 3.8) is 0 Å². The Morgan fingerprint density at radius 3 is 2.44 bits per heavy atom. The highest BCUT2D eigenvalue weighted by Gasteiger charge is 2.36. The number of amides is 2. The number of carbonyl (C=O) groups excluding carboxylic acids is 3. The smallest absolute Gasteiger partial charge is 0.344 e. The molecule has 0 radical (unpaired) electrons. The number of carbonyl (C=O) groups is 4. The van der Waals surface area contributed by atoms with Gasteiger partial charge >= 0.3 is 11.9 Å². The van der Waals surface area contributed by atoms with Crippen LogP contribution < -0.4 is 4.74 Å². The molecule has 0 spiro atoms. The molecule has 2 rings (SSSR count). The van der Waals surface area contributed by atoms with E-state index in [1.165, 1.54) is 18.2 Å². The van der Waals surface area contributed by atoms with Crippen LogP contribution in [0.2, 0.25) is 10.0 Å². The lowest BCUT2D eigenvalue weighted by Gasteiger charge is -2.10. The molecule has 0 aromatic heterocycles. The molecule has 0 aliphatic carbocycles. The lowest BCUT2D eigenvalue weighted by atomic mass is 10.2. The molecule has 0 atom stereocenters. The van der Waals surface area contributed by atoms with Crippen LogP contribution in [-0.2, 0) is 19.1 Å². The van der Waals surface area contributed by atoms with E-state index in [2.05, 4.69) is 0 Å². The number of benzene rings is 1. The van der Waals surface area contributed by atoms with Crippen LogP contribution in [0.15, 0.2) is 17.0 Å². The minimum Gasteiger partial charge on any atom is -0.480 e. The standard InChI is InChI=1S/C16H13Cl2NO7S/c1-2-25-13(22)7-26-14-9(17)3-8(4-10(14)18)5-11-15(23)19(6-12(20)21)16(24)27-11/h3-5H,2,6-7H2,1H3,(H,20,21)/b11-5+. The van der Waals surface area contributed by atoms with Gasteiger partial charge in [0.15, 0.2) is 12.4 Å². The molecule has 2 amide bonds. The molecule has 1 heterocycles. The summed E-state index contributed by atoms with van der Waals surface area (Å²) in [6, 6.07) is 2.86. The molecule has 1 fully saturated rings. The van der Waals surface area contributed by atoms with Gasteiger partial charge < -0.3 is 14.6 Å². The molecule has 1 aromatic rings. The molecule has 1 N–H and O–H groups in total. The van der Waals surface area contributed by atoms with Crippen LogP contribution in [-0.4, -0.2) is 52.8 Å². The summed E-state index contributed by atoms with van der Waals surface area (Å²) >= 11 is 12.8. The zero-order chi connectivity index (χ0) is 20.1. The number of esters is 1. The molecule has 1 aliphatic heterocycles. The molecule has 1 saturated heterocycles. The summed E-state index contributed by atoms with van der Waals surface area (Å²) in [5.41, 5.74) is 0.398. The summed E-state index contributed by atoms with van der Waals surface area (Å²) in [4.78, 5) is 46.6. The van der Waals surface area contributed by atoms with E-state index in [1.54, 1.807) is 6.92 Å². The predicted molar refractivity (Wildman–Crippen MR) is 98.9 cm³/mol. The van der Waals surface area contributed by atoms with E-state index >= 15 is 0 Å². The normalized spacial score (nSPS) is 15.4. The van der Waals surface area contributed by atoms with Gasteiger partial charge in [-0.1, -0.05) is 23.2 Å². The van der Waals surface area contributed by atoms with Crippen molar-refractivity contribution in [1.82, 2.24) is 4.90 Å². The SMILES string of the molecule is CCOC(=O)COc1c(Cl)cc(/C=C2/SC(=O)N(CC(=O)O)C2=O)cc1Cl. The minimum absolute atomic E-state index is 0.0357. The third kappa shape index (κ3) is 5.38. The number of nitrogens with zero attached hydrogens (tertiary/aromatic N) is 1. The van der Waals surface area contributed by atoms with Gasteiger partial charge in [0, 0.05) is 0 Å². The highest BCUT2D eigenvalue weighted by Crippen LogP contribution is 2.37. The Kier molecular flexibility index (Phi) is 7.11. The summed E-state index contributed by atoms with van der Waals surface area (Å²) < 4.78 is 9.98. The maximum absolute atomic E-state index is 12.1. The number of rotatable bonds is 7. The fraction of sp³-hybridized carbons (Fsp3) is 0.250. The Morgan fingerprint density at radius 1 is 1.26 bits per heavy atom. The maximum atomic E-state index is 12.1. The topological polar surface area (TPSA) is 110 Å². The molecular formula is C16H13Cl2NO7S. The van der Waals surface area contributed by atoms with Crippen LogP contribution in [0.4, 0.5) is 4.79 Å². The van der Waals surface area contributed by atoms with Crippen molar-refractivity contribution in [1.29, 1.82) is 0 Å². The zero-order valence-electron chi connectivity index (χ0n) is 13.9. The first-order valence-corrected chi connectivity index (χ1v) is 9.04. The Morgan fingerprint density at radius 2 is 1.89 bits per heavy atom. The van der Waals surface area contributed by atoms with Crippen molar-refractivity contribution in [2.45, 2.75) is 6.92 Å². The number of thioether (sulfide) groups is 1. The van der Waals surface area contributed by atoms with Crippen LogP contribution in [0.1, 0.15) is 12.5 Å².